The second-order valence-electron chi connectivity index (χ2n) is 6.20. The number of hydrogen-bond acceptors (Lipinski definition) is 5. The molecule has 0 aliphatic carbocycles. The van der Waals surface area contributed by atoms with E-state index in [0.717, 1.165) is 6.26 Å². The summed E-state index contributed by atoms with van der Waals surface area (Å²) >= 11 is 0. The average Bonchev–Trinajstić information content (AvgIpc) is 2.55. The molecule has 1 amide bonds. The Morgan fingerprint density at radius 3 is 2.32 bits per heavy atom. The molecule has 1 fully saturated rings. The number of halogens is 2. The summed E-state index contributed by atoms with van der Waals surface area (Å²) in [5.41, 5.74) is 0.690. The Kier molecular flexibility index (Phi) is 5.99. The maximum Gasteiger partial charge on any atom is 0.387 e. The van der Waals surface area contributed by atoms with Gasteiger partial charge in [0.05, 0.1) is 0 Å². The summed E-state index contributed by atoms with van der Waals surface area (Å²) in [6, 6.07) is 5.90. The Balaban J connectivity index is 2.13. The minimum Gasteiger partial charge on any atom is -0.435 e. The predicted octanol–water partition coefficient (Wildman–Crippen LogP) is 1.41. The van der Waals surface area contributed by atoms with Gasteiger partial charge in [-0.05, 0) is 43.6 Å². The van der Waals surface area contributed by atoms with Gasteiger partial charge >= 0.3 is 6.61 Å². The van der Waals surface area contributed by atoms with E-state index in [0.29, 0.717) is 18.7 Å². The lowest BCUT2D eigenvalue weighted by Gasteiger charge is -2.37. The summed E-state index contributed by atoms with van der Waals surface area (Å²) in [6.45, 7) is -1.79. The molecule has 0 bridgehead atoms. The third-order valence-electron chi connectivity index (χ3n) is 4.43. The third-order valence-corrected chi connectivity index (χ3v) is 6.43. The van der Waals surface area contributed by atoms with Crippen molar-refractivity contribution >= 4 is 15.7 Å². The van der Waals surface area contributed by atoms with Crippen molar-refractivity contribution in [3.05, 3.63) is 29.8 Å². The van der Waals surface area contributed by atoms with Crippen LogP contribution in [0.25, 0.3) is 0 Å². The van der Waals surface area contributed by atoms with Gasteiger partial charge in [0.15, 0.2) is 14.6 Å². The number of benzene rings is 1. The zero-order valence-corrected chi connectivity index (χ0v) is 15.0. The highest BCUT2D eigenvalue weighted by Gasteiger charge is 2.49. The molecule has 0 unspecified atom stereocenters. The Bertz CT molecular complexity index is 701. The fourth-order valence-corrected chi connectivity index (χ4v) is 4.46. The lowest BCUT2D eigenvalue weighted by molar-refractivity contribution is -0.134. The molecule has 1 saturated heterocycles. The highest BCUT2D eigenvalue weighted by molar-refractivity contribution is 7.92. The lowest BCUT2D eigenvalue weighted by Crippen LogP contribution is -2.57. The molecule has 1 aromatic carbocycles. The monoisotopic (exact) mass is 376 g/mol. The Morgan fingerprint density at radius 1 is 1.28 bits per heavy atom. The van der Waals surface area contributed by atoms with Crippen LogP contribution in [-0.2, 0) is 21.2 Å². The van der Waals surface area contributed by atoms with Gasteiger partial charge in [-0.2, -0.15) is 8.78 Å². The van der Waals surface area contributed by atoms with E-state index in [1.54, 1.807) is 19.2 Å². The van der Waals surface area contributed by atoms with Gasteiger partial charge in [-0.25, -0.2) is 8.42 Å². The van der Waals surface area contributed by atoms with E-state index in [9.17, 15) is 22.0 Å². The van der Waals surface area contributed by atoms with Gasteiger partial charge < -0.3 is 15.0 Å². The molecule has 1 heterocycles. The van der Waals surface area contributed by atoms with E-state index in [1.807, 2.05) is 0 Å². The van der Waals surface area contributed by atoms with Crippen molar-refractivity contribution < 1.29 is 26.7 Å². The van der Waals surface area contributed by atoms with E-state index in [2.05, 4.69) is 10.1 Å². The summed E-state index contributed by atoms with van der Waals surface area (Å²) in [7, 11) is -2.04. The molecule has 2 rings (SSSR count). The summed E-state index contributed by atoms with van der Waals surface area (Å²) < 4.78 is 51.8. The molecule has 140 valence electrons. The van der Waals surface area contributed by atoms with Gasteiger partial charge in [0, 0.05) is 19.8 Å². The molecule has 0 spiro atoms. The number of rotatable bonds is 6. The highest BCUT2D eigenvalue weighted by atomic mass is 32.2. The standard InChI is InChI=1S/C16H22F2N2O4S/c1-20(11-12-3-5-13(6-4-12)24-15(17)18)14(21)16(25(2,22)23)7-9-19-10-8-16/h3-6,15,19H,7-11H2,1-2H3. The summed E-state index contributed by atoms with van der Waals surface area (Å²) in [5, 5.41) is 3.07. The van der Waals surface area contributed by atoms with Crippen molar-refractivity contribution in [1.29, 1.82) is 0 Å². The first-order valence-corrected chi connectivity index (χ1v) is 9.74. The summed E-state index contributed by atoms with van der Waals surface area (Å²) in [5.74, 6) is -0.414. The molecule has 0 atom stereocenters. The minimum absolute atomic E-state index is 0.0266. The Morgan fingerprint density at radius 2 is 1.84 bits per heavy atom. The van der Waals surface area contributed by atoms with Crippen molar-refractivity contribution in [3.63, 3.8) is 0 Å². The van der Waals surface area contributed by atoms with Gasteiger partial charge in [-0.15, -0.1) is 0 Å². The first-order valence-electron chi connectivity index (χ1n) is 7.85. The fourth-order valence-electron chi connectivity index (χ4n) is 3.04. The number of ether oxygens (including phenoxy) is 1. The van der Waals surface area contributed by atoms with Crippen LogP contribution in [0.1, 0.15) is 18.4 Å². The quantitative estimate of drug-likeness (QED) is 0.813. The number of sulfone groups is 1. The van der Waals surface area contributed by atoms with Crippen LogP contribution in [0.4, 0.5) is 8.78 Å². The molecule has 9 heteroatoms. The van der Waals surface area contributed by atoms with Gasteiger partial charge in [0.1, 0.15) is 5.75 Å². The Labute approximate surface area is 146 Å². The van der Waals surface area contributed by atoms with Crippen molar-refractivity contribution in [1.82, 2.24) is 10.2 Å². The van der Waals surface area contributed by atoms with Crippen LogP contribution in [0, 0.1) is 0 Å². The van der Waals surface area contributed by atoms with E-state index in [1.165, 1.54) is 17.0 Å². The highest BCUT2D eigenvalue weighted by Crippen LogP contribution is 2.30. The second kappa shape index (κ2) is 7.65. The molecular formula is C16H22F2N2O4S. The van der Waals surface area contributed by atoms with E-state index in [-0.39, 0.29) is 25.1 Å². The molecule has 0 radical (unpaired) electrons. The van der Waals surface area contributed by atoms with E-state index in [4.69, 9.17) is 0 Å². The zero-order valence-electron chi connectivity index (χ0n) is 14.2. The van der Waals surface area contributed by atoms with Crippen LogP contribution in [0.5, 0.6) is 5.75 Å². The maximum atomic E-state index is 12.9. The molecule has 1 N–H and O–H groups in total. The predicted molar refractivity (Wildman–Crippen MR) is 89.2 cm³/mol. The molecule has 0 saturated carbocycles. The zero-order chi connectivity index (χ0) is 18.7. The third kappa shape index (κ3) is 4.46. The molecular weight excluding hydrogens is 354 g/mol. The number of carbonyl (C=O) groups excluding carboxylic acids is 1. The number of hydrogen-bond donors (Lipinski definition) is 1. The normalized spacial score (nSPS) is 17.3. The number of amides is 1. The first-order chi connectivity index (χ1) is 11.7. The van der Waals surface area contributed by atoms with Crippen LogP contribution in [0.3, 0.4) is 0 Å². The number of nitrogens with one attached hydrogen (secondary N) is 1. The van der Waals surface area contributed by atoms with Crippen molar-refractivity contribution in [3.8, 4) is 5.75 Å². The SMILES string of the molecule is CN(Cc1ccc(OC(F)F)cc1)C(=O)C1(S(C)(=O)=O)CCNCC1. The summed E-state index contributed by atoms with van der Waals surface area (Å²) in [4.78, 5) is 14.2. The topological polar surface area (TPSA) is 75.7 Å². The van der Waals surface area contributed by atoms with Crippen LogP contribution < -0.4 is 10.1 Å². The molecule has 1 aromatic rings. The van der Waals surface area contributed by atoms with Crippen LogP contribution in [-0.4, -0.2) is 57.0 Å². The maximum absolute atomic E-state index is 12.9. The molecule has 6 nitrogen and oxygen atoms in total. The largest absolute Gasteiger partial charge is 0.435 e. The van der Waals surface area contributed by atoms with Crippen LogP contribution in [0.2, 0.25) is 0 Å². The summed E-state index contributed by atoms with van der Waals surface area (Å²) in [6.07, 6.45) is 1.56. The molecule has 1 aliphatic rings. The van der Waals surface area contributed by atoms with Gasteiger partial charge in [-0.1, -0.05) is 12.1 Å². The molecule has 1 aliphatic heterocycles. The van der Waals surface area contributed by atoms with Crippen molar-refractivity contribution in [2.75, 3.05) is 26.4 Å². The van der Waals surface area contributed by atoms with Gasteiger partial charge in [0.2, 0.25) is 5.91 Å². The molecule has 25 heavy (non-hydrogen) atoms. The minimum atomic E-state index is -3.58. The fraction of sp³-hybridized carbons (Fsp3) is 0.562. The Hall–Kier alpha value is -1.74. The molecule has 0 aromatic heterocycles. The number of nitrogens with zero attached hydrogens (tertiary/aromatic N) is 1. The average molecular weight is 376 g/mol. The van der Waals surface area contributed by atoms with Crippen LogP contribution >= 0.6 is 0 Å². The number of piperidine rings is 1. The van der Waals surface area contributed by atoms with E-state index >= 15 is 0 Å². The van der Waals surface area contributed by atoms with Gasteiger partial charge in [0.25, 0.3) is 0 Å². The van der Waals surface area contributed by atoms with Gasteiger partial charge in [-0.3, -0.25) is 4.79 Å². The van der Waals surface area contributed by atoms with E-state index < -0.39 is 27.1 Å². The lowest BCUT2D eigenvalue weighted by atomic mass is 9.95. The number of carbonyl (C=O) groups is 1. The number of alkyl halides is 2. The van der Waals surface area contributed by atoms with Crippen LogP contribution in [0.15, 0.2) is 24.3 Å². The van der Waals surface area contributed by atoms with Crippen molar-refractivity contribution in [2.45, 2.75) is 30.7 Å². The smallest absolute Gasteiger partial charge is 0.387 e. The second-order valence-corrected chi connectivity index (χ2v) is 8.53. The first kappa shape index (κ1) is 19.6. The van der Waals surface area contributed by atoms with Crippen molar-refractivity contribution in [2.24, 2.45) is 0 Å².